The Bertz CT molecular complexity index is 1280. The van der Waals surface area contributed by atoms with Gasteiger partial charge in [0.2, 0.25) is 0 Å². The van der Waals surface area contributed by atoms with Crippen LogP contribution in [0, 0.1) is 10.1 Å². The summed E-state index contributed by atoms with van der Waals surface area (Å²) in [5.74, 6) is 0.915. The molecule has 0 fully saturated rings. The summed E-state index contributed by atoms with van der Waals surface area (Å²) in [6.07, 6.45) is 1.45. The second-order valence-corrected chi connectivity index (χ2v) is 6.10. The molecule has 29 heavy (non-hydrogen) atoms. The number of hydrogen-bond acceptors (Lipinski definition) is 6. The number of nitro benzene ring substituents is 1. The first-order chi connectivity index (χ1) is 14.1. The standard InChI is InChI=1S/C22H14N2O5/c25-22-13-21(18-6-2-4-8-20(18)29-22)28-17-11-9-16(10-12-17)23-14-15-5-1-3-7-19(15)24(26)27/h1-14H. The molecule has 0 aliphatic heterocycles. The summed E-state index contributed by atoms with van der Waals surface area (Å²) in [6, 6.07) is 21.6. The molecule has 0 N–H and O–H groups in total. The van der Waals surface area contributed by atoms with Gasteiger partial charge in [-0.1, -0.05) is 24.3 Å². The zero-order valence-corrected chi connectivity index (χ0v) is 15.0. The zero-order chi connectivity index (χ0) is 20.2. The first kappa shape index (κ1) is 18.1. The fraction of sp³-hybridized carbons (Fsp3) is 0. The van der Waals surface area contributed by atoms with Crippen LogP contribution in [0.3, 0.4) is 0 Å². The molecule has 4 rings (SSSR count). The van der Waals surface area contributed by atoms with Crippen LogP contribution < -0.4 is 10.4 Å². The molecule has 0 saturated carbocycles. The largest absolute Gasteiger partial charge is 0.456 e. The van der Waals surface area contributed by atoms with Gasteiger partial charge in [-0.15, -0.1) is 0 Å². The predicted molar refractivity (Wildman–Crippen MR) is 109 cm³/mol. The fourth-order valence-corrected chi connectivity index (χ4v) is 2.80. The van der Waals surface area contributed by atoms with Crippen molar-refractivity contribution in [1.82, 2.24) is 0 Å². The minimum absolute atomic E-state index is 0.00834. The number of fused-ring (bicyclic) bond motifs is 1. The van der Waals surface area contributed by atoms with Crippen molar-refractivity contribution >= 4 is 28.6 Å². The molecule has 0 saturated heterocycles. The summed E-state index contributed by atoms with van der Waals surface area (Å²) in [5.41, 5.74) is 0.962. The van der Waals surface area contributed by atoms with E-state index < -0.39 is 10.5 Å². The molecule has 0 aliphatic carbocycles. The summed E-state index contributed by atoms with van der Waals surface area (Å²) in [6.45, 7) is 0. The summed E-state index contributed by atoms with van der Waals surface area (Å²) >= 11 is 0. The number of para-hydroxylation sites is 2. The Balaban J connectivity index is 1.57. The molecule has 0 bridgehead atoms. The van der Waals surface area contributed by atoms with E-state index in [-0.39, 0.29) is 5.69 Å². The van der Waals surface area contributed by atoms with Gasteiger partial charge in [0, 0.05) is 12.3 Å². The minimum Gasteiger partial charge on any atom is -0.456 e. The lowest BCUT2D eigenvalue weighted by atomic mass is 10.2. The van der Waals surface area contributed by atoms with Crippen LogP contribution in [0.1, 0.15) is 5.56 Å². The molecule has 0 spiro atoms. The molecule has 7 heteroatoms. The van der Waals surface area contributed by atoms with E-state index in [9.17, 15) is 14.9 Å². The maximum Gasteiger partial charge on any atom is 0.339 e. The van der Waals surface area contributed by atoms with Crippen molar-refractivity contribution in [3.05, 3.63) is 105 Å². The normalized spacial score (nSPS) is 11.0. The highest BCUT2D eigenvalue weighted by Crippen LogP contribution is 2.29. The summed E-state index contributed by atoms with van der Waals surface area (Å²) in [7, 11) is 0. The molecule has 0 aliphatic rings. The van der Waals surface area contributed by atoms with E-state index in [1.54, 1.807) is 60.7 Å². The van der Waals surface area contributed by atoms with Crippen molar-refractivity contribution in [3.8, 4) is 11.5 Å². The molecule has 0 amide bonds. The van der Waals surface area contributed by atoms with Crippen LogP contribution >= 0.6 is 0 Å². The molecular formula is C22H14N2O5. The lowest BCUT2D eigenvalue weighted by Crippen LogP contribution is -1.98. The van der Waals surface area contributed by atoms with Crippen molar-refractivity contribution in [2.45, 2.75) is 0 Å². The molecule has 0 atom stereocenters. The SMILES string of the molecule is O=c1cc(Oc2ccc(N=Cc3ccccc3[N+](=O)[O-])cc2)c2ccccc2o1. The van der Waals surface area contributed by atoms with Gasteiger partial charge in [-0.2, -0.15) is 0 Å². The van der Waals surface area contributed by atoms with Gasteiger partial charge in [0.1, 0.15) is 17.1 Å². The van der Waals surface area contributed by atoms with Crippen LogP contribution in [0.5, 0.6) is 11.5 Å². The molecule has 0 radical (unpaired) electrons. The Morgan fingerprint density at radius 1 is 0.966 bits per heavy atom. The average Bonchev–Trinajstić information content (AvgIpc) is 2.73. The lowest BCUT2D eigenvalue weighted by Gasteiger charge is -2.08. The van der Waals surface area contributed by atoms with E-state index in [2.05, 4.69) is 4.99 Å². The smallest absolute Gasteiger partial charge is 0.339 e. The quantitative estimate of drug-likeness (QED) is 0.202. The summed E-state index contributed by atoms with van der Waals surface area (Å²) in [4.78, 5) is 26.6. The highest BCUT2D eigenvalue weighted by atomic mass is 16.6. The number of nitrogens with zero attached hydrogens (tertiary/aromatic N) is 2. The molecule has 3 aromatic carbocycles. The molecule has 0 unspecified atom stereocenters. The van der Waals surface area contributed by atoms with Crippen molar-refractivity contribution in [2.75, 3.05) is 0 Å². The van der Waals surface area contributed by atoms with Crippen molar-refractivity contribution in [3.63, 3.8) is 0 Å². The van der Waals surface area contributed by atoms with E-state index in [1.165, 1.54) is 18.3 Å². The molecular weight excluding hydrogens is 372 g/mol. The van der Waals surface area contributed by atoms with Gasteiger partial charge in [0.05, 0.1) is 27.6 Å². The van der Waals surface area contributed by atoms with Gasteiger partial charge in [0.15, 0.2) is 0 Å². The topological polar surface area (TPSA) is 94.9 Å². The second kappa shape index (κ2) is 7.77. The molecule has 1 heterocycles. The van der Waals surface area contributed by atoms with Gasteiger partial charge in [-0.3, -0.25) is 15.1 Å². The summed E-state index contributed by atoms with van der Waals surface area (Å²) in [5, 5.41) is 11.8. The Kier molecular flexibility index (Phi) is 4.86. The maximum atomic E-state index is 11.7. The van der Waals surface area contributed by atoms with E-state index in [4.69, 9.17) is 9.15 Å². The maximum absolute atomic E-state index is 11.7. The van der Waals surface area contributed by atoms with Crippen LogP contribution in [0.25, 0.3) is 11.0 Å². The van der Waals surface area contributed by atoms with Crippen LogP contribution in [0.4, 0.5) is 11.4 Å². The van der Waals surface area contributed by atoms with Crippen LogP contribution in [0.15, 0.2) is 93.1 Å². The molecule has 7 nitrogen and oxygen atoms in total. The van der Waals surface area contributed by atoms with Crippen molar-refractivity contribution < 1.29 is 14.1 Å². The zero-order valence-electron chi connectivity index (χ0n) is 15.0. The number of benzene rings is 3. The molecule has 4 aromatic rings. The third-order valence-corrected chi connectivity index (χ3v) is 4.16. The van der Waals surface area contributed by atoms with E-state index in [1.807, 2.05) is 6.07 Å². The number of hydrogen-bond donors (Lipinski definition) is 0. The number of rotatable bonds is 5. The second-order valence-electron chi connectivity index (χ2n) is 6.10. The van der Waals surface area contributed by atoms with Crippen LogP contribution in [0.2, 0.25) is 0 Å². The Labute approximate surface area is 164 Å². The minimum atomic E-state index is -0.496. The lowest BCUT2D eigenvalue weighted by molar-refractivity contribution is -0.385. The van der Waals surface area contributed by atoms with E-state index in [0.717, 1.165) is 0 Å². The fourth-order valence-electron chi connectivity index (χ4n) is 2.80. The average molecular weight is 386 g/mol. The third kappa shape index (κ3) is 4.03. The highest BCUT2D eigenvalue weighted by Gasteiger charge is 2.10. The number of aliphatic imine (C=N–C) groups is 1. The van der Waals surface area contributed by atoms with Crippen LogP contribution in [-0.4, -0.2) is 11.1 Å². The first-order valence-corrected chi connectivity index (χ1v) is 8.68. The van der Waals surface area contributed by atoms with Crippen molar-refractivity contribution in [2.24, 2.45) is 4.99 Å². The molecule has 142 valence electrons. The Morgan fingerprint density at radius 3 is 2.48 bits per heavy atom. The van der Waals surface area contributed by atoms with E-state index >= 15 is 0 Å². The summed E-state index contributed by atoms with van der Waals surface area (Å²) < 4.78 is 11.0. The molecule has 1 aromatic heterocycles. The predicted octanol–water partition coefficient (Wildman–Crippen LogP) is 5.24. The van der Waals surface area contributed by atoms with Gasteiger partial charge in [0.25, 0.3) is 5.69 Å². The number of ether oxygens (including phenoxy) is 1. The number of nitro groups is 1. The van der Waals surface area contributed by atoms with Crippen molar-refractivity contribution in [1.29, 1.82) is 0 Å². The Morgan fingerprint density at radius 2 is 1.69 bits per heavy atom. The van der Waals surface area contributed by atoms with Crippen LogP contribution in [-0.2, 0) is 0 Å². The monoisotopic (exact) mass is 386 g/mol. The van der Waals surface area contributed by atoms with Gasteiger partial charge >= 0.3 is 5.63 Å². The first-order valence-electron chi connectivity index (χ1n) is 8.68. The van der Waals surface area contributed by atoms with E-state index in [0.29, 0.717) is 33.7 Å². The van der Waals surface area contributed by atoms with Gasteiger partial charge in [-0.25, -0.2) is 4.79 Å². The third-order valence-electron chi connectivity index (χ3n) is 4.16. The van der Waals surface area contributed by atoms with Gasteiger partial charge in [-0.05, 0) is 42.5 Å². The van der Waals surface area contributed by atoms with Gasteiger partial charge < -0.3 is 9.15 Å². The highest BCUT2D eigenvalue weighted by molar-refractivity contribution is 5.87. The Hall–Kier alpha value is -4.26.